The van der Waals surface area contributed by atoms with Crippen LogP contribution in [0, 0.1) is 0 Å². The van der Waals surface area contributed by atoms with Gasteiger partial charge in [0.2, 0.25) is 0 Å². The maximum absolute atomic E-state index is 12.5. The molecular weight excluding hydrogens is 286 g/mol. The molecule has 2 aromatic rings. The van der Waals surface area contributed by atoms with Gasteiger partial charge in [0.25, 0.3) is 5.91 Å². The summed E-state index contributed by atoms with van der Waals surface area (Å²) in [6.45, 7) is 1.30. The molecule has 1 atom stereocenters. The van der Waals surface area contributed by atoms with Gasteiger partial charge in [-0.3, -0.25) is 4.79 Å². The van der Waals surface area contributed by atoms with E-state index in [0.29, 0.717) is 12.1 Å². The lowest BCUT2D eigenvalue weighted by Gasteiger charge is -2.16. The minimum Gasteiger partial charge on any atom is -0.360 e. The first-order chi connectivity index (χ1) is 10.3. The Hall–Kier alpha value is -1.79. The summed E-state index contributed by atoms with van der Waals surface area (Å²) in [4.78, 5) is 18.8. The Morgan fingerprint density at radius 2 is 2.24 bits per heavy atom. The summed E-state index contributed by atoms with van der Waals surface area (Å²) in [5, 5.41) is 0. The summed E-state index contributed by atoms with van der Waals surface area (Å²) < 4.78 is 7.76. The molecule has 108 valence electrons. The Balaban J connectivity index is 1.89. The number of para-hydroxylation sites is 1. The van der Waals surface area contributed by atoms with Crippen molar-refractivity contribution in [2.24, 2.45) is 0 Å². The number of hydrogen-bond donors (Lipinski definition) is 0. The highest BCUT2D eigenvalue weighted by molar-refractivity contribution is 7.99. The van der Waals surface area contributed by atoms with Gasteiger partial charge in [-0.2, -0.15) is 0 Å². The van der Waals surface area contributed by atoms with Gasteiger partial charge in [0.1, 0.15) is 11.1 Å². The van der Waals surface area contributed by atoms with Crippen LogP contribution in [0.3, 0.4) is 0 Å². The Labute approximate surface area is 126 Å². The number of benzene rings is 1. The van der Waals surface area contributed by atoms with Crippen LogP contribution in [0.1, 0.15) is 27.2 Å². The van der Waals surface area contributed by atoms with Crippen molar-refractivity contribution in [3.05, 3.63) is 47.5 Å². The van der Waals surface area contributed by atoms with E-state index in [2.05, 4.69) is 4.98 Å². The van der Waals surface area contributed by atoms with Crippen molar-refractivity contribution in [1.29, 1.82) is 0 Å². The molecule has 0 saturated carbocycles. The largest absolute Gasteiger partial charge is 0.360 e. The molecule has 0 radical (unpaired) electrons. The number of hydrogen-bond acceptors (Lipinski definition) is 4. The van der Waals surface area contributed by atoms with Gasteiger partial charge < -0.3 is 14.2 Å². The number of fused-ring (bicyclic) bond motifs is 3. The Kier molecular flexibility index (Phi) is 3.01. The maximum atomic E-state index is 12.5. The highest BCUT2D eigenvalue weighted by atomic mass is 32.2. The third kappa shape index (κ3) is 1.98. The second-order valence-corrected chi connectivity index (χ2v) is 6.37. The van der Waals surface area contributed by atoms with E-state index in [1.165, 1.54) is 0 Å². The van der Waals surface area contributed by atoms with E-state index in [1.54, 1.807) is 23.0 Å². The molecule has 1 saturated heterocycles. The molecule has 5 nitrogen and oxygen atoms in total. The van der Waals surface area contributed by atoms with Crippen LogP contribution in [0.15, 0.2) is 30.6 Å². The van der Waals surface area contributed by atoms with Gasteiger partial charge in [-0.1, -0.05) is 12.1 Å². The molecule has 1 unspecified atom stereocenters. The lowest BCUT2D eigenvalue weighted by Crippen LogP contribution is -2.25. The SMILES string of the molecule is CN1Cc2c(C3OCCS3)ncn2-c2ccccc2C1=O. The first-order valence-electron chi connectivity index (χ1n) is 6.90. The van der Waals surface area contributed by atoms with Crippen molar-refractivity contribution < 1.29 is 9.53 Å². The van der Waals surface area contributed by atoms with Crippen molar-refractivity contribution >= 4 is 17.7 Å². The number of carbonyl (C=O) groups is 1. The molecule has 1 aromatic heterocycles. The summed E-state index contributed by atoms with van der Waals surface area (Å²) in [7, 11) is 1.83. The van der Waals surface area contributed by atoms with E-state index in [0.717, 1.165) is 29.4 Å². The van der Waals surface area contributed by atoms with Crippen molar-refractivity contribution in [3.63, 3.8) is 0 Å². The molecule has 2 aliphatic rings. The van der Waals surface area contributed by atoms with Crippen LogP contribution in [-0.4, -0.2) is 39.8 Å². The number of carbonyl (C=O) groups excluding carboxylic acids is 1. The zero-order valence-corrected chi connectivity index (χ0v) is 12.5. The van der Waals surface area contributed by atoms with Crippen LogP contribution in [0.5, 0.6) is 0 Å². The maximum Gasteiger partial charge on any atom is 0.256 e. The van der Waals surface area contributed by atoms with Crippen LogP contribution >= 0.6 is 11.8 Å². The second-order valence-electron chi connectivity index (χ2n) is 5.20. The molecule has 0 aliphatic carbocycles. The topological polar surface area (TPSA) is 47.4 Å². The number of rotatable bonds is 1. The molecule has 2 aliphatic heterocycles. The highest BCUT2D eigenvalue weighted by Crippen LogP contribution is 2.37. The number of ether oxygens (including phenoxy) is 1. The van der Waals surface area contributed by atoms with E-state index >= 15 is 0 Å². The second kappa shape index (κ2) is 4.89. The number of imidazole rings is 1. The Bertz CT molecular complexity index is 707. The van der Waals surface area contributed by atoms with E-state index in [9.17, 15) is 4.79 Å². The van der Waals surface area contributed by atoms with Gasteiger partial charge in [0, 0.05) is 12.8 Å². The van der Waals surface area contributed by atoms with Crippen LogP contribution in [0.4, 0.5) is 0 Å². The van der Waals surface area contributed by atoms with Gasteiger partial charge in [0.05, 0.1) is 36.4 Å². The number of thioether (sulfide) groups is 1. The molecule has 3 heterocycles. The van der Waals surface area contributed by atoms with Crippen LogP contribution in [0.25, 0.3) is 5.69 Å². The average Bonchev–Trinajstić information content (AvgIpc) is 3.13. The molecule has 6 heteroatoms. The Morgan fingerprint density at radius 1 is 1.38 bits per heavy atom. The molecular formula is C15H15N3O2S. The fraction of sp³-hybridized carbons (Fsp3) is 0.333. The van der Waals surface area contributed by atoms with Gasteiger partial charge in [-0.25, -0.2) is 4.98 Å². The third-order valence-electron chi connectivity index (χ3n) is 3.87. The monoisotopic (exact) mass is 301 g/mol. The predicted octanol–water partition coefficient (Wildman–Crippen LogP) is 2.22. The first-order valence-corrected chi connectivity index (χ1v) is 7.95. The molecule has 21 heavy (non-hydrogen) atoms. The van der Waals surface area contributed by atoms with Crippen LogP contribution < -0.4 is 0 Å². The van der Waals surface area contributed by atoms with Crippen LogP contribution in [-0.2, 0) is 11.3 Å². The van der Waals surface area contributed by atoms with Crippen molar-refractivity contribution in [2.75, 3.05) is 19.4 Å². The van der Waals surface area contributed by atoms with Crippen molar-refractivity contribution in [3.8, 4) is 5.69 Å². The fourth-order valence-electron chi connectivity index (χ4n) is 2.83. The smallest absolute Gasteiger partial charge is 0.256 e. The number of amides is 1. The molecule has 0 spiro atoms. The highest BCUT2D eigenvalue weighted by Gasteiger charge is 2.30. The van der Waals surface area contributed by atoms with E-state index < -0.39 is 0 Å². The fourth-order valence-corrected chi connectivity index (χ4v) is 3.79. The average molecular weight is 301 g/mol. The zero-order chi connectivity index (χ0) is 14.4. The summed E-state index contributed by atoms with van der Waals surface area (Å²) in [6, 6.07) is 7.67. The zero-order valence-electron chi connectivity index (χ0n) is 11.7. The molecule has 4 rings (SSSR count). The first kappa shape index (κ1) is 12.9. The van der Waals surface area contributed by atoms with E-state index in [1.807, 2.05) is 35.9 Å². The lowest BCUT2D eigenvalue weighted by molar-refractivity contribution is 0.0785. The van der Waals surface area contributed by atoms with Gasteiger partial charge in [0.15, 0.2) is 0 Å². The lowest BCUT2D eigenvalue weighted by atomic mass is 10.1. The quantitative estimate of drug-likeness (QED) is 0.810. The molecule has 1 aromatic carbocycles. The van der Waals surface area contributed by atoms with E-state index in [-0.39, 0.29) is 11.3 Å². The summed E-state index contributed by atoms with van der Waals surface area (Å²) in [6.07, 6.45) is 1.80. The number of aromatic nitrogens is 2. The standard InChI is InChI=1S/C15H15N3O2S/c1-17-8-12-13(15-20-6-7-21-15)16-9-18(12)11-5-3-2-4-10(11)14(17)19/h2-5,9,15H,6-8H2,1H3. The summed E-state index contributed by atoms with van der Waals surface area (Å²) in [5.41, 5.74) is 3.56. The summed E-state index contributed by atoms with van der Waals surface area (Å²) in [5.74, 6) is 1.03. The number of nitrogens with zero attached hydrogens (tertiary/aromatic N) is 3. The van der Waals surface area contributed by atoms with E-state index in [4.69, 9.17) is 4.74 Å². The third-order valence-corrected chi connectivity index (χ3v) is 4.94. The predicted molar refractivity (Wildman–Crippen MR) is 80.5 cm³/mol. The van der Waals surface area contributed by atoms with Crippen molar-refractivity contribution in [1.82, 2.24) is 14.5 Å². The van der Waals surface area contributed by atoms with Crippen molar-refractivity contribution in [2.45, 2.75) is 12.0 Å². The normalized spacial score (nSPS) is 21.1. The minimum atomic E-state index is -0.0185. The molecule has 1 fully saturated rings. The van der Waals surface area contributed by atoms with Gasteiger partial charge in [-0.15, -0.1) is 11.8 Å². The minimum absolute atomic E-state index is 0.0185. The Morgan fingerprint density at radius 3 is 3.05 bits per heavy atom. The molecule has 0 bridgehead atoms. The van der Waals surface area contributed by atoms with Gasteiger partial charge in [-0.05, 0) is 12.1 Å². The van der Waals surface area contributed by atoms with Crippen LogP contribution in [0.2, 0.25) is 0 Å². The summed E-state index contributed by atoms with van der Waals surface area (Å²) >= 11 is 1.76. The molecule has 1 amide bonds. The molecule has 0 N–H and O–H groups in total. The van der Waals surface area contributed by atoms with Gasteiger partial charge >= 0.3 is 0 Å².